The maximum atomic E-state index is 3.45. The van der Waals surface area contributed by atoms with Crippen LogP contribution >= 0.6 is 15.9 Å². The Balaban J connectivity index is 2.80. The van der Waals surface area contributed by atoms with Crippen LogP contribution in [-0.2, 0) is 0 Å². The minimum Gasteiger partial charge on any atom is -0.387 e. The molecular weight excluding hydrogens is 250 g/mol. The van der Waals surface area contributed by atoms with Crippen LogP contribution in [0.3, 0.4) is 0 Å². The van der Waals surface area contributed by atoms with E-state index in [-0.39, 0.29) is 0 Å². The Hall–Kier alpha value is -0.940. The lowest BCUT2D eigenvalue weighted by Gasteiger charge is -2.03. The van der Waals surface area contributed by atoms with Crippen molar-refractivity contribution in [3.05, 3.63) is 28.2 Å². The molecule has 0 bridgehead atoms. The molecule has 0 saturated heterocycles. The van der Waals surface area contributed by atoms with Crippen molar-refractivity contribution in [3.63, 3.8) is 0 Å². The van der Waals surface area contributed by atoms with Crippen LogP contribution in [0.5, 0.6) is 0 Å². The molecular formula is C13H16BrN. The van der Waals surface area contributed by atoms with Gasteiger partial charge in [-0.25, -0.2) is 0 Å². The van der Waals surface area contributed by atoms with Crippen LogP contribution in [0.4, 0.5) is 5.69 Å². The summed E-state index contributed by atoms with van der Waals surface area (Å²) < 4.78 is 1.07. The number of nitrogens with one attached hydrogen (secondary N) is 1. The predicted molar refractivity (Wildman–Crippen MR) is 70.1 cm³/mol. The summed E-state index contributed by atoms with van der Waals surface area (Å²) in [6, 6.07) is 6.10. The molecule has 0 heterocycles. The smallest absolute Gasteiger partial charge is 0.0497 e. The van der Waals surface area contributed by atoms with Gasteiger partial charge in [-0.1, -0.05) is 41.1 Å². The second-order valence-electron chi connectivity index (χ2n) is 3.35. The molecule has 1 aromatic carbocycles. The van der Waals surface area contributed by atoms with E-state index in [1.807, 2.05) is 25.2 Å². The molecule has 0 aromatic heterocycles. The van der Waals surface area contributed by atoms with E-state index in [2.05, 4.69) is 40.0 Å². The standard InChI is InChI=1S/C13H16BrN/c1-3-4-5-6-7-11-10-12(14)8-9-13(11)15-2/h8-10,15H,3-5H2,1-2H3. The first-order chi connectivity index (χ1) is 7.27. The fourth-order valence-electron chi connectivity index (χ4n) is 1.26. The van der Waals surface area contributed by atoms with Gasteiger partial charge in [0.1, 0.15) is 0 Å². The lowest BCUT2D eigenvalue weighted by molar-refractivity contribution is 0.828. The van der Waals surface area contributed by atoms with Gasteiger partial charge in [-0.2, -0.15) is 0 Å². The predicted octanol–water partition coefficient (Wildman–Crippen LogP) is 4.03. The van der Waals surface area contributed by atoms with Crippen LogP contribution in [0.2, 0.25) is 0 Å². The normalized spacial score (nSPS) is 9.27. The third-order valence-electron chi connectivity index (χ3n) is 2.13. The summed E-state index contributed by atoms with van der Waals surface area (Å²) in [6.07, 6.45) is 3.36. The Kier molecular flexibility index (Phi) is 5.28. The Morgan fingerprint density at radius 1 is 1.40 bits per heavy atom. The molecule has 80 valence electrons. The van der Waals surface area contributed by atoms with Crippen LogP contribution in [-0.4, -0.2) is 7.05 Å². The van der Waals surface area contributed by atoms with Crippen molar-refractivity contribution in [1.82, 2.24) is 0 Å². The largest absolute Gasteiger partial charge is 0.387 e. The molecule has 15 heavy (non-hydrogen) atoms. The molecule has 1 aromatic rings. The van der Waals surface area contributed by atoms with E-state index in [4.69, 9.17) is 0 Å². The van der Waals surface area contributed by atoms with E-state index in [1.54, 1.807) is 0 Å². The molecule has 1 nitrogen and oxygen atoms in total. The highest BCUT2D eigenvalue weighted by atomic mass is 79.9. The van der Waals surface area contributed by atoms with Gasteiger partial charge in [0, 0.05) is 29.2 Å². The SMILES string of the molecule is CCCCC#Cc1cc(Br)ccc1NC. The highest BCUT2D eigenvalue weighted by Gasteiger charge is 1.97. The van der Waals surface area contributed by atoms with Gasteiger partial charge in [-0.05, 0) is 24.6 Å². The van der Waals surface area contributed by atoms with Gasteiger partial charge in [0.05, 0.1) is 0 Å². The zero-order chi connectivity index (χ0) is 11.1. The second kappa shape index (κ2) is 6.53. The lowest BCUT2D eigenvalue weighted by Crippen LogP contribution is -1.91. The van der Waals surface area contributed by atoms with Crippen molar-refractivity contribution in [1.29, 1.82) is 0 Å². The first-order valence-corrected chi connectivity index (χ1v) is 6.03. The van der Waals surface area contributed by atoms with Gasteiger partial charge in [-0.15, -0.1) is 0 Å². The van der Waals surface area contributed by atoms with Crippen molar-refractivity contribution in [2.45, 2.75) is 26.2 Å². The number of unbranched alkanes of at least 4 members (excludes halogenated alkanes) is 2. The molecule has 0 radical (unpaired) electrons. The Labute approximate surface area is 100 Å². The molecule has 0 amide bonds. The summed E-state index contributed by atoms with van der Waals surface area (Å²) in [5, 5.41) is 3.14. The topological polar surface area (TPSA) is 12.0 Å². The fraction of sp³-hybridized carbons (Fsp3) is 0.385. The maximum absolute atomic E-state index is 3.45. The first-order valence-electron chi connectivity index (χ1n) is 5.24. The van der Waals surface area contributed by atoms with Gasteiger partial charge in [0.2, 0.25) is 0 Å². The van der Waals surface area contributed by atoms with Gasteiger partial charge >= 0.3 is 0 Å². The van der Waals surface area contributed by atoms with E-state index in [0.29, 0.717) is 0 Å². The van der Waals surface area contributed by atoms with Crippen LogP contribution in [0.15, 0.2) is 22.7 Å². The Bertz CT molecular complexity index is 374. The minimum atomic E-state index is 0.978. The summed E-state index contributed by atoms with van der Waals surface area (Å²) in [4.78, 5) is 0. The summed E-state index contributed by atoms with van der Waals surface area (Å²) >= 11 is 3.45. The van der Waals surface area contributed by atoms with Gasteiger partial charge in [-0.3, -0.25) is 0 Å². The number of rotatable bonds is 3. The van der Waals surface area contributed by atoms with E-state index >= 15 is 0 Å². The number of halogens is 1. The molecule has 0 aliphatic carbocycles. The van der Waals surface area contributed by atoms with Gasteiger partial charge in [0.15, 0.2) is 0 Å². The van der Waals surface area contributed by atoms with Gasteiger partial charge < -0.3 is 5.32 Å². The highest BCUT2D eigenvalue weighted by Crippen LogP contribution is 2.19. The van der Waals surface area contributed by atoms with E-state index < -0.39 is 0 Å². The fourth-order valence-corrected chi connectivity index (χ4v) is 1.62. The van der Waals surface area contributed by atoms with Crippen molar-refractivity contribution < 1.29 is 0 Å². The second-order valence-corrected chi connectivity index (χ2v) is 4.26. The molecule has 0 atom stereocenters. The minimum absolute atomic E-state index is 0.978. The summed E-state index contributed by atoms with van der Waals surface area (Å²) in [5.74, 6) is 6.39. The maximum Gasteiger partial charge on any atom is 0.0497 e. The van der Waals surface area contributed by atoms with Crippen LogP contribution in [0.25, 0.3) is 0 Å². The number of hydrogen-bond donors (Lipinski definition) is 1. The Morgan fingerprint density at radius 2 is 2.20 bits per heavy atom. The van der Waals surface area contributed by atoms with Crippen molar-refractivity contribution in [3.8, 4) is 11.8 Å². The third-order valence-corrected chi connectivity index (χ3v) is 2.62. The van der Waals surface area contributed by atoms with Crippen molar-refractivity contribution >= 4 is 21.6 Å². The number of benzene rings is 1. The van der Waals surface area contributed by atoms with E-state index in [9.17, 15) is 0 Å². The monoisotopic (exact) mass is 265 g/mol. The van der Waals surface area contributed by atoms with E-state index in [0.717, 1.165) is 22.1 Å². The molecule has 0 aliphatic heterocycles. The molecule has 0 spiro atoms. The Morgan fingerprint density at radius 3 is 2.87 bits per heavy atom. The zero-order valence-corrected chi connectivity index (χ0v) is 10.8. The molecule has 1 rings (SSSR count). The summed E-state index contributed by atoms with van der Waals surface area (Å²) in [6.45, 7) is 2.18. The molecule has 0 saturated carbocycles. The molecule has 0 unspecified atom stereocenters. The van der Waals surface area contributed by atoms with Crippen LogP contribution < -0.4 is 5.32 Å². The number of anilines is 1. The van der Waals surface area contributed by atoms with Crippen LogP contribution in [0.1, 0.15) is 31.7 Å². The van der Waals surface area contributed by atoms with Crippen molar-refractivity contribution in [2.24, 2.45) is 0 Å². The average molecular weight is 266 g/mol. The van der Waals surface area contributed by atoms with Crippen LogP contribution in [0, 0.1) is 11.8 Å². The first kappa shape index (κ1) is 12.1. The quantitative estimate of drug-likeness (QED) is 0.643. The van der Waals surface area contributed by atoms with E-state index in [1.165, 1.54) is 12.8 Å². The summed E-state index contributed by atoms with van der Waals surface area (Å²) in [7, 11) is 1.92. The lowest BCUT2D eigenvalue weighted by atomic mass is 10.1. The molecule has 2 heteroatoms. The number of hydrogen-bond acceptors (Lipinski definition) is 1. The highest BCUT2D eigenvalue weighted by molar-refractivity contribution is 9.10. The molecule has 0 aliphatic rings. The van der Waals surface area contributed by atoms with Gasteiger partial charge in [0.25, 0.3) is 0 Å². The van der Waals surface area contributed by atoms with Crippen molar-refractivity contribution in [2.75, 3.05) is 12.4 Å². The third kappa shape index (κ3) is 3.97. The average Bonchev–Trinajstić information content (AvgIpc) is 2.25. The molecule has 1 N–H and O–H groups in total. The zero-order valence-electron chi connectivity index (χ0n) is 9.23. The summed E-state index contributed by atoms with van der Waals surface area (Å²) in [5.41, 5.74) is 2.14. The molecule has 0 fully saturated rings.